The summed E-state index contributed by atoms with van der Waals surface area (Å²) in [5.74, 6) is -4.68. The summed E-state index contributed by atoms with van der Waals surface area (Å²) in [4.78, 5) is 49.2. The van der Waals surface area contributed by atoms with E-state index in [4.69, 9.17) is 23.2 Å². The van der Waals surface area contributed by atoms with Gasteiger partial charge in [0.25, 0.3) is 11.8 Å². The number of anilines is 2. The number of carbonyl (C=O) groups is 2. The highest BCUT2D eigenvalue weighted by molar-refractivity contribution is 6.31. The predicted octanol–water partition coefficient (Wildman–Crippen LogP) is 9.68. The van der Waals surface area contributed by atoms with E-state index >= 15 is 0 Å². The molecule has 6 aromatic rings. The normalized spacial score (nSPS) is 17.0. The van der Waals surface area contributed by atoms with Crippen molar-refractivity contribution in [3.63, 3.8) is 0 Å². The Balaban J connectivity index is 0.000000199. The number of nitrogens with one attached hydrogen (secondary N) is 2. The van der Waals surface area contributed by atoms with Crippen LogP contribution >= 0.6 is 23.2 Å². The minimum Gasteiger partial charge on any atom is -0.373 e. The fourth-order valence-corrected chi connectivity index (χ4v) is 9.09. The minimum absolute atomic E-state index is 0.0685. The lowest BCUT2D eigenvalue weighted by atomic mass is 9.59. The Kier molecular flexibility index (Phi) is 12.9. The maximum absolute atomic E-state index is 14.1. The van der Waals surface area contributed by atoms with Crippen molar-refractivity contribution in [1.29, 1.82) is 0 Å². The lowest BCUT2D eigenvalue weighted by Gasteiger charge is -2.47. The van der Waals surface area contributed by atoms with Crippen LogP contribution in [0.4, 0.5) is 46.5 Å². The molecular weight excluding hydrogens is 947 g/mol. The molecule has 2 unspecified atom stereocenters. The minimum atomic E-state index is -5.32. The first-order valence-electron chi connectivity index (χ1n) is 20.2. The standard InChI is InChI=1S/C23H19ClF4N2O4.C22H17ClF4N2O4/c1-12-16-10-14(4-5-15(16)19(31)34-30-12)29-20(32)22(33,23(26,27)28)11-21(7-2-8-21)17-6-3-13(25)9-18(17)24;1-11-15-9-13(3-4-14(15)18(30)33-29-11)28-19(31)21(32,22(25,26)27)10-20(6-7-20)16-5-2-12(24)8-17(16)23/h3-6,9-10,33H,2,7-8,11H2,1H3,(H,29,32);2-5,8-9,32H,6-7,10H2,1H3,(H,28,31). The van der Waals surface area contributed by atoms with Crippen LogP contribution in [0.15, 0.2) is 91.4 Å². The second-order valence-electron chi connectivity index (χ2n) is 16.8. The third-order valence-electron chi connectivity index (χ3n) is 12.4. The van der Waals surface area contributed by atoms with Crippen LogP contribution in [0.1, 0.15) is 67.5 Å². The number of halogens is 10. The summed E-state index contributed by atoms with van der Waals surface area (Å²) < 4.78 is 121. The summed E-state index contributed by atoms with van der Waals surface area (Å²) in [6, 6.07) is 14.2. The van der Waals surface area contributed by atoms with E-state index in [-0.39, 0.29) is 91.2 Å². The molecule has 0 spiro atoms. The fourth-order valence-electron chi connectivity index (χ4n) is 8.36. The van der Waals surface area contributed by atoms with Gasteiger partial charge in [0.2, 0.25) is 11.2 Å². The molecule has 2 amide bonds. The Bertz CT molecular complexity index is 3060. The highest BCUT2D eigenvalue weighted by Crippen LogP contribution is 2.58. The summed E-state index contributed by atoms with van der Waals surface area (Å²) in [7, 11) is 0. The SMILES string of the molecule is Cc1noc(=O)c2ccc(NC(=O)C(O)(CC3(c4ccc(F)cc4Cl)CC3)C(F)(F)F)cc12.Cc1noc(=O)c2ccc(NC(=O)C(O)(CC3(c4ccc(F)cc4Cl)CCC3)C(F)(F)F)cc12. The number of rotatable bonds is 10. The molecule has 2 saturated carbocycles. The Morgan fingerprint density at radius 2 is 0.985 bits per heavy atom. The number of carbonyl (C=O) groups excluding carboxylic acids is 2. The molecule has 0 aliphatic heterocycles. The van der Waals surface area contributed by atoms with Gasteiger partial charge < -0.3 is 29.9 Å². The van der Waals surface area contributed by atoms with Crippen molar-refractivity contribution in [3.8, 4) is 0 Å². The van der Waals surface area contributed by atoms with Crippen LogP contribution < -0.4 is 21.9 Å². The average molecular weight is 984 g/mol. The molecule has 8 rings (SSSR count). The molecule has 2 aliphatic rings. The molecule has 0 bridgehead atoms. The lowest BCUT2D eigenvalue weighted by Crippen LogP contribution is -2.59. The van der Waals surface area contributed by atoms with Crippen molar-refractivity contribution in [3.05, 3.63) is 138 Å². The molecule has 2 atom stereocenters. The molecule has 4 aromatic carbocycles. The predicted molar refractivity (Wildman–Crippen MR) is 228 cm³/mol. The average Bonchev–Trinajstić information content (AvgIpc) is 4.01. The third kappa shape index (κ3) is 9.35. The van der Waals surface area contributed by atoms with Crippen LogP contribution in [0.5, 0.6) is 0 Å². The number of aliphatic hydroxyl groups is 2. The first kappa shape index (κ1) is 49.0. The number of benzene rings is 4. The molecular formula is C45H36Cl2F8N4O8. The van der Waals surface area contributed by atoms with Crippen LogP contribution in [0.2, 0.25) is 10.0 Å². The number of hydrogen-bond acceptors (Lipinski definition) is 10. The molecule has 4 N–H and O–H groups in total. The van der Waals surface area contributed by atoms with E-state index in [1.807, 2.05) is 0 Å². The molecule has 67 heavy (non-hydrogen) atoms. The molecule has 0 radical (unpaired) electrons. The number of aryl methyl sites for hydroxylation is 2. The van der Waals surface area contributed by atoms with Crippen molar-refractivity contribution in [1.82, 2.24) is 10.3 Å². The smallest absolute Gasteiger partial charge is 0.373 e. The number of alkyl halides is 6. The van der Waals surface area contributed by atoms with Gasteiger partial charge in [-0.2, -0.15) is 26.3 Å². The first-order valence-corrected chi connectivity index (χ1v) is 20.9. The fraction of sp³-hybridized carbons (Fsp3) is 0.333. The van der Waals surface area contributed by atoms with Gasteiger partial charge in [-0.25, -0.2) is 18.4 Å². The van der Waals surface area contributed by atoms with E-state index in [0.717, 1.165) is 24.3 Å². The van der Waals surface area contributed by atoms with Crippen molar-refractivity contribution < 1.29 is 64.0 Å². The van der Waals surface area contributed by atoms with Gasteiger partial charge in [0.1, 0.15) is 11.6 Å². The van der Waals surface area contributed by atoms with Crippen LogP contribution in [0, 0.1) is 25.5 Å². The van der Waals surface area contributed by atoms with Gasteiger partial charge >= 0.3 is 23.6 Å². The highest BCUT2D eigenvalue weighted by atomic mass is 35.5. The Morgan fingerprint density at radius 3 is 1.30 bits per heavy atom. The van der Waals surface area contributed by atoms with Crippen molar-refractivity contribution in [2.24, 2.45) is 0 Å². The molecule has 354 valence electrons. The van der Waals surface area contributed by atoms with Gasteiger partial charge in [-0.15, -0.1) is 0 Å². The van der Waals surface area contributed by atoms with Gasteiger partial charge in [-0.3, -0.25) is 9.59 Å². The van der Waals surface area contributed by atoms with Crippen LogP contribution in [-0.2, 0) is 20.4 Å². The maximum atomic E-state index is 14.1. The monoisotopic (exact) mass is 982 g/mol. The van der Waals surface area contributed by atoms with Crippen molar-refractivity contribution in [2.75, 3.05) is 10.6 Å². The van der Waals surface area contributed by atoms with Gasteiger partial charge in [0.05, 0.1) is 22.2 Å². The summed E-state index contributed by atoms with van der Waals surface area (Å²) in [6.07, 6.45) is -11.1. The molecule has 2 aliphatic carbocycles. The van der Waals surface area contributed by atoms with Gasteiger partial charge in [0, 0.05) is 55.9 Å². The van der Waals surface area contributed by atoms with Crippen molar-refractivity contribution in [2.45, 2.75) is 93.2 Å². The second-order valence-corrected chi connectivity index (χ2v) is 17.6. The Labute approximate surface area is 382 Å². The number of nitrogens with zero attached hydrogens (tertiary/aromatic N) is 2. The number of amides is 2. The summed E-state index contributed by atoms with van der Waals surface area (Å²) in [6.45, 7) is 3.04. The first-order chi connectivity index (χ1) is 31.2. The Morgan fingerprint density at radius 1 is 0.612 bits per heavy atom. The lowest BCUT2D eigenvalue weighted by molar-refractivity contribution is -0.257. The third-order valence-corrected chi connectivity index (χ3v) is 13.0. The van der Waals surface area contributed by atoms with E-state index in [0.29, 0.717) is 6.42 Å². The quantitative estimate of drug-likeness (QED) is 0.0964. The molecule has 2 heterocycles. The molecule has 2 fully saturated rings. The zero-order chi connectivity index (χ0) is 49.1. The zero-order valence-corrected chi connectivity index (χ0v) is 36.4. The topological polar surface area (TPSA) is 185 Å². The van der Waals surface area contributed by atoms with Crippen LogP contribution in [-0.4, -0.2) is 55.9 Å². The summed E-state index contributed by atoms with van der Waals surface area (Å²) >= 11 is 12.2. The van der Waals surface area contributed by atoms with Gasteiger partial charge in [-0.1, -0.05) is 52.1 Å². The van der Waals surface area contributed by atoms with E-state index in [1.165, 1.54) is 62.4 Å². The van der Waals surface area contributed by atoms with Crippen LogP contribution in [0.3, 0.4) is 0 Å². The molecule has 22 heteroatoms. The number of fused-ring (bicyclic) bond motifs is 2. The van der Waals surface area contributed by atoms with E-state index in [1.54, 1.807) is 0 Å². The summed E-state index contributed by atoms with van der Waals surface area (Å²) in [5, 5.41) is 33.4. The number of hydrogen-bond donors (Lipinski definition) is 4. The summed E-state index contributed by atoms with van der Waals surface area (Å²) in [5.41, 5.74) is -10.6. The Hall–Kier alpha value is -5.96. The molecule has 0 saturated heterocycles. The second kappa shape index (κ2) is 17.6. The van der Waals surface area contributed by atoms with Crippen LogP contribution in [0.25, 0.3) is 21.5 Å². The highest BCUT2D eigenvalue weighted by Gasteiger charge is 2.66. The molecule has 12 nitrogen and oxygen atoms in total. The van der Waals surface area contributed by atoms with Gasteiger partial charge in [-0.05, 0) is 111 Å². The van der Waals surface area contributed by atoms with E-state index in [9.17, 15) is 64.5 Å². The van der Waals surface area contributed by atoms with E-state index < -0.39 is 81.9 Å². The largest absolute Gasteiger partial charge is 0.426 e. The van der Waals surface area contributed by atoms with Crippen molar-refractivity contribution >= 4 is 67.9 Å². The number of aromatic nitrogens is 2. The molecule has 2 aromatic heterocycles. The maximum Gasteiger partial charge on any atom is 0.426 e. The van der Waals surface area contributed by atoms with Gasteiger partial charge in [0.15, 0.2) is 0 Å². The zero-order valence-electron chi connectivity index (χ0n) is 34.9. The van der Waals surface area contributed by atoms with E-state index in [2.05, 4.69) is 30.0 Å².